The number of amides is 2. The van der Waals surface area contributed by atoms with Crippen LogP contribution in [-0.2, 0) is 16.0 Å². The van der Waals surface area contributed by atoms with Gasteiger partial charge in [-0.3, -0.25) is 14.9 Å². The zero-order valence-electron chi connectivity index (χ0n) is 19.4. The Hall–Kier alpha value is -4.12. The third kappa shape index (κ3) is 5.25. The number of anilines is 2. The maximum atomic E-state index is 12.6. The average molecular weight is 500 g/mol. The SMILES string of the molecule is CNC1Oc2ccc(Oc3ccnc4c3CCC(=O)N4)cc2C1C.O=CNc1cc(F)cc(F)c1F. The van der Waals surface area contributed by atoms with Gasteiger partial charge in [0.05, 0.1) is 5.69 Å². The minimum absolute atomic E-state index is 0.00578. The van der Waals surface area contributed by atoms with Gasteiger partial charge in [0.25, 0.3) is 0 Å². The van der Waals surface area contributed by atoms with E-state index < -0.39 is 23.1 Å². The third-order valence-electron chi connectivity index (χ3n) is 5.77. The monoisotopic (exact) mass is 500 g/mol. The lowest BCUT2D eigenvalue weighted by Gasteiger charge is -2.19. The van der Waals surface area contributed by atoms with Crippen LogP contribution in [0.5, 0.6) is 17.2 Å². The molecule has 0 saturated carbocycles. The Labute approximate surface area is 204 Å². The Morgan fingerprint density at radius 1 is 1.17 bits per heavy atom. The molecule has 11 heteroatoms. The van der Waals surface area contributed by atoms with E-state index in [0.717, 1.165) is 28.4 Å². The number of likely N-dealkylation sites (N-methyl/N-ethyl adjacent to an activating group) is 1. The molecule has 2 atom stereocenters. The van der Waals surface area contributed by atoms with Gasteiger partial charge in [0.2, 0.25) is 12.3 Å². The number of fused-ring (bicyclic) bond motifs is 2. The van der Waals surface area contributed by atoms with Gasteiger partial charge in [-0.15, -0.1) is 0 Å². The molecular weight excluding hydrogens is 477 g/mol. The van der Waals surface area contributed by atoms with E-state index in [1.807, 2.05) is 36.6 Å². The molecule has 0 saturated heterocycles. The quantitative estimate of drug-likeness (QED) is 0.353. The van der Waals surface area contributed by atoms with E-state index in [1.54, 1.807) is 6.20 Å². The predicted molar refractivity (Wildman–Crippen MR) is 126 cm³/mol. The summed E-state index contributed by atoms with van der Waals surface area (Å²) < 4.78 is 49.3. The number of pyridine rings is 1. The highest BCUT2D eigenvalue weighted by atomic mass is 19.2. The second-order valence-corrected chi connectivity index (χ2v) is 8.11. The van der Waals surface area contributed by atoms with Gasteiger partial charge in [0.15, 0.2) is 17.9 Å². The number of carbonyl (C=O) groups is 2. The second kappa shape index (κ2) is 10.6. The number of carbonyl (C=O) groups excluding carboxylic acids is 2. The van der Waals surface area contributed by atoms with Crippen LogP contribution in [0.1, 0.15) is 30.4 Å². The minimum Gasteiger partial charge on any atom is -0.474 e. The molecule has 2 aromatic carbocycles. The van der Waals surface area contributed by atoms with Gasteiger partial charge in [0.1, 0.15) is 28.9 Å². The van der Waals surface area contributed by atoms with Crippen molar-refractivity contribution in [1.82, 2.24) is 10.3 Å². The van der Waals surface area contributed by atoms with Gasteiger partial charge in [0, 0.05) is 41.8 Å². The number of aromatic nitrogens is 1. The average Bonchev–Trinajstić information content (AvgIpc) is 3.18. The summed E-state index contributed by atoms with van der Waals surface area (Å²) in [5.41, 5.74) is 1.56. The normalized spacial score (nSPS) is 17.5. The summed E-state index contributed by atoms with van der Waals surface area (Å²) in [6.45, 7) is 2.13. The number of nitrogens with zero attached hydrogens (tertiary/aromatic N) is 1. The fraction of sp³-hybridized carbons (Fsp3) is 0.240. The molecule has 0 aliphatic carbocycles. The van der Waals surface area contributed by atoms with E-state index in [2.05, 4.69) is 22.5 Å². The largest absolute Gasteiger partial charge is 0.474 e. The topological polar surface area (TPSA) is 102 Å². The molecule has 2 unspecified atom stereocenters. The molecule has 36 heavy (non-hydrogen) atoms. The van der Waals surface area contributed by atoms with E-state index >= 15 is 0 Å². The smallest absolute Gasteiger partial charge is 0.225 e. The lowest BCUT2D eigenvalue weighted by molar-refractivity contribution is -0.116. The zero-order valence-corrected chi connectivity index (χ0v) is 19.4. The zero-order chi connectivity index (χ0) is 25.8. The number of hydrogen-bond donors (Lipinski definition) is 3. The van der Waals surface area contributed by atoms with Crippen molar-refractivity contribution in [2.45, 2.75) is 31.9 Å². The molecule has 0 spiro atoms. The third-order valence-corrected chi connectivity index (χ3v) is 5.77. The van der Waals surface area contributed by atoms with Crippen molar-refractivity contribution < 1.29 is 32.2 Å². The molecule has 0 radical (unpaired) electrons. The molecule has 188 valence electrons. The molecule has 0 bridgehead atoms. The van der Waals surface area contributed by atoms with Crippen molar-refractivity contribution in [3.8, 4) is 17.2 Å². The minimum atomic E-state index is -1.33. The summed E-state index contributed by atoms with van der Waals surface area (Å²) >= 11 is 0. The molecule has 1 aromatic heterocycles. The van der Waals surface area contributed by atoms with Crippen LogP contribution in [0, 0.1) is 17.5 Å². The van der Waals surface area contributed by atoms with Gasteiger partial charge < -0.3 is 20.1 Å². The highest BCUT2D eigenvalue weighted by Gasteiger charge is 2.30. The number of halogens is 3. The number of ether oxygens (including phenoxy) is 2. The summed E-state index contributed by atoms with van der Waals surface area (Å²) in [5.74, 6) is -0.341. The predicted octanol–water partition coefficient (Wildman–Crippen LogP) is 4.47. The maximum Gasteiger partial charge on any atom is 0.225 e. The first-order chi connectivity index (χ1) is 17.3. The molecular formula is C25H23F3N4O4. The first-order valence-electron chi connectivity index (χ1n) is 11.1. The van der Waals surface area contributed by atoms with E-state index in [9.17, 15) is 22.8 Å². The lowest BCUT2D eigenvalue weighted by atomic mass is 10.0. The first-order valence-corrected chi connectivity index (χ1v) is 11.1. The number of nitrogens with one attached hydrogen (secondary N) is 3. The summed E-state index contributed by atoms with van der Waals surface area (Å²) in [6.07, 6.45) is 2.86. The summed E-state index contributed by atoms with van der Waals surface area (Å²) in [5, 5.41) is 7.78. The van der Waals surface area contributed by atoms with Crippen molar-refractivity contribution >= 4 is 23.8 Å². The van der Waals surface area contributed by atoms with Crippen molar-refractivity contribution in [3.63, 3.8) is 0 Å². The Bertz CT molecular complexity index is 1300. The van der Waals surface area contributed by atoms with E-state index in [1.165, 1.54) is 0 Å². The first kappa shape index (κ1) is 25.0. The molecule has 3 heterocycles. The molecule has 2 aliphatic heterocycles. The van der Waals surface area contributed by atoms with E-state index in [0.29, 0.717) is 30.8 Å². The summed E-state index contributed by atoms with van der Waals surface area (Å²) in [6, 6.07) is 8.77. The molecule has 3 N–H and O–H groups in total. The second-order valence-electron chi connectivity index (χ2n) is 8.11. The number of benzene rings is 2. The number of rotatable bonds is 5. The van der Waals surface area contributed by atoms with Gasteiger partial charge in [-0.25, -0.2) is 18.2 Å². The Kier molecular flexibility index (Phi) is 7.39. The van der Waals surface area contributed by atoms with Gasteiger partial charge in [-0.2, -0.15) is 0 Å². The molecule has 3 aromatic rings. The van der Waals surface area contributed by atoms with Crippen LogP contribution < -0.4 is 25.4 Å². The maximum absolute atomic E-state index is 12.6. The fourth-order valence-corrected chi connectivity index (χ4v) is 3.97. The molecule has 0 fully saturated rings. The van der Waals surface area contributed by atoms with Crippen molar-refractivity contribution in [2.24, 2.45) is 0 Å². The lowest BCUT2D eigenvalue weighted by Crippen LogP contribution is -2.31. The molecule has 8 nitrogen and oxygen atoms in total. The van der Waals surface area contributed by atoms with Gasteiger partial charge in [-0.1, -0.05) is 6.92 Å². The Morgan fingerprint density at radius 3 is 2.72 bits per heavy atom. The standard InChI is InChI=1S/C18H19N3O3.C7H4F3NO/c1-10-13-9-11(3-5-14(13)24-18(10)19-2)23-15-7-8-20-17-12(15)4-6-16(22)21-17;8-4-1-5(9)7(10)6(2-4)11-3-12/h3,5,7-10,18-19H,4,6H2,1-2H3,(H,20,21,22);1-3H,(H,11,12). The highest BCUT2D eigenvalue weighted by molar-refractivity contribution is 5.93. The van der Waals surface area contributed by atoms with E-state index in [4.69, 9.17) is 9.47 Å². The van der Waals surface area contributed by atoms with Crippen LogP contribution in [0.25, 0.3) is 0 Å². The van der Waals surface area contributed by atoms with E-state index in [-0.39, 0.29) is 24.5 Å². The summed E-state index contributed by atoms with van der Waals surface area (Å²) in [7, 11) is 1.89. The van der Waals surface area contributed by atoms with Gasteiger partial charge in [-0.05, 0) is 37.7 Å². The Morgan fingerprint density at radius 2 is 1.97 bits per heavy atom. The van der Waals surface area contributed by atoms with Crippen LogP contribution in [-0.4, -0.2) is 30.6 Å². The molecule has 5 rings (SSSR count). The van der Waals surface area contributed by atoms with Crippen LogP contribution in [0.2, 0.25) is 0 Å². The van der Waals surface area contributed by atoms with Crippen molar-refractivity contribution in [3.05, 3.63) is 71.2 Å². The van der Waals surface area contributed by atoms with Crippen LogP contribution >= 0.6 is 0 Å². The van der Waals surface area contributed by atoms with Gasteiger partial charge >= 0.3 is 0 Å². The highest BCUT2D eigenvalue weighted by Crippen LogP contribution is 2.40. The van der Waals surface area contributed by atoms with Crippen LogP contribution in [0.15, 0.2) is 42.6 Å². The van der Waals surface area contributed by atoms with Crippen molar-refractivity contribution in [1.29, 1.82) is 0 Å². The summed E-state index contributed by atoms with van der Waals surface area (Å²) in [4.78, 5) is 25.6. The van der Waals surface area contributed by atoms with Crippen LogP contribution in [0.4, 0.5) is 24.7 Å². The fourth-order valence-electron chi connectivity index (χ4n) is 3.97. The van der Waals surface area contributed by atoms with Crippen molar-refractivity contribution in [2.75, 3.05) is 17.7 Å². The Balaban J connectivity index is 0.000000214. The van der Waals surface area contributed by atoms with Crippen LogP contribution in [0.3, 0.4) is 0 Å². The number of hydrogen-bond acceptors (Lipinski definition) is 6. The molecule has 2 amide bonds. The molecule has 2 aliphatic rings.